The fourth-order valence-corrected chi connectivity index (χ4v) is 8.43. The molecule has 12 nitrogen and oxygen atoms in total. The number of hydrogen-bond acceptors (Lipinski definition) is 7. The van der Waals surface area contributed by atoms with Crippen LogP contribution in [0.2, 0.25) is 0 Å². The molecular formula is C57H57N6O6+. The molecule has 5 aromatic carbocycles. The first-order valence-electron chi connectivity index (χ1n) is 23.7. The molecule has 2 aromatic heterocycles. The fraction of sp³-hybridized carbons (Fsp3) is 0.211. The molecule has 2 heterocycles. The zero-order valence-electron chi connectivity index (χ0n) is 39.4. The van der Waals surface area contributed by atoms with Gasteiger partial charge in [0.25, 0.3) is 22.2 Å². The van der Waals surface area contributed by atoms with Gasteiger partial charge < -0.3 is 14.4 Å². The predicted octanol–water partition coefficient (Wildman–Crippen LogP) is 10.6. The van der Waals surface area contributed by atoms with Crippen molar-refractivity contribution < 1.29 is 14.0 Å². The second-order valence-corrected chi connectivity index (χ2v) is 16.7. The summed E-state index contributed by atoms with van der Waals surface area (Å²) in [6.07, 6.45) is 18.8. The minimum Gasteiger partial charge on any atom is -0.494 e. The number of hydrogen-bond donors (Lipinski definition) is 4. The summed E-state index contributed by atoms with van der Waals surface area (Å²) in [4.78, 5) is 52.3. The van der Waals surface area contributed by atoms with Gasteiger partial charge in [-0.25, -0.2) is 0 Å². The van der Waals surface area contributed by atoms with E-state index in [9.17, 15) is 19.2 Å². The van der Waals surface area contributed by atoms with Crippen molar-refractivity contribution in [3.8, 4) is 11.5 Å². The smallest absolute Gasteiger partial charge is 0.270 e. The standard InChI is InChI=1S/C57H56N6O6/c1-5-9-34-68-46-28-18-40(19-29-46)48(38-14-22-42(23-15-38)62(7-3)44-26-32-50-52(36-44)56(66)60-58-54(50)64)12-11-13-49(41-20-30-47(31-21-41)69-35-10-6-2)39-16-24-43(25-17-39)63(8-4)45-27-33-51-53(37-45)57(67)61-59-55(51)65/h11-33,36-37H,5-10,34-35H2,1-4H3,(H3-,58,59,60,61,64,65,66,67)/p+1. The molecule has 0 radical (unpaired) electrons. The van der Waals surface area contributed by atoms with Crippen LogP contribution in [0.1, 0.15) is 70.1 Å². The molecule has 0 saturated heterocycles. The van der Waals surface area contributed by atoms with Gasteiger partial charge in [0.15, 0.2) is 0 Å². The Balaban J connectivity index is 1.17. The van der Waals surface area contributed by atoms with E-state index in [0.29, 0.717) is 47.8 Å². The number of fused-ring (bicyclic) bond motifs is 2. The van der Waals surface area contributed by atoms with Crippen LogP contribution in [0.25, 0.3) is 32.7 Å². The first-order valence-corrected chi connectivity index (χ1v) is 23.7. The lowest BCUT2D eigenvalue weighted by Gasteiger charge is -2.24. The molecule has 8 rings (SSSR count). The summed E-state index contributed by atoms with van der Waals surface area (Å²) >= 11 is 0. The highest BCUT2D eigenvalue weighted by Crippen LogP contribution is 2.32. The van der Waals surface area contributed by atoms with Crippen molar-refractivity contribution in [3.05, 3.63) is 215 Å². The fourth-order valence-electron chi connectivity index (χ4n) is 8.43. The topological polar surface area (TPSA) is 156 Å². The molecule has 0 atom stereocenters. The molecular weight excluding hydrogens is 865 g/mol. The van der Waals surface area contributed by atoms with Crippen LogP contribution in [-0.4, -0.2) is 57.0 Å². The number of nitrogens with one attached hydrogen (secondary N) is 4. The van der Waals surface area contributed by atoms with E-state index in [1.54, 1.807) is 24.3 Å². The van der Waals surface area contributed by atoms with Crippen LogP contribution in [0, 0.1) is 0 Å². The van der Waals surface area contributed by atoms with Crippen molar-refractivity contribution in [3.63, 3.8) is 0 Å². The molecule has 0 unspecified atom stereocenters. The van der Waals surface area contributed by atoms with E-state index in [4.69, 9.17) is 9.47 Å². The molecule has 12 heteroatoms. The number of nitrogens with zero attached hydrogens (tertiary/aromatic N) is 2. The Hall–Kier alpha value is -8.25. The molecule has 7 aromatic rings. The zero-order chi connectivity index (χ0) is 48.3. The van der Waals surface area contributed by atoms with E-state index >= 15 is 0 Å². The van der Waals surface area contributed by atoms with E-state index in [1.807, 2.05) is 50.2 Å². The van der Waals surface area contributed by atoms with Crippen molar-refractivity contribution in [1.29, 1.82) is 0 Å². The van der Waals surface area contributed by atoms with E-state index in [-0.39, 0.29) is 22.2 Å². The summed E-state index contributed by atoms with van der Waals surface area (Å²) in [6.45, 7) is 11.0. The van der Waals surface area contributed by atoms with Gasteiger partial charge in [-0.2, -0.15) is 4.58 Å². The summed E-state index contributed by atoms with van der Waals surface area (Å²) in [6, 6.07) is 35.4. The monoisotopic (exact) mass is 921 g/mol. The van der Waals surface area contributed by atoms with Gasteiger partial charge in [0, 0.05) is 42.2 Å². The number of benzene rings is 5. The van der Waals surface area contributed by atoms with Crippen molar-refractivity contribution in [2.45, 2.75) is 53.4 Å². The second-order valence-electron chi connectivity index (χ2n) is 16.7. The van der Waals surface area contributed by atoms with Crippen LogP contribution in [0.4, 0.5) is 17.1 Å². The van der Waals surface area contributed by atoms with Crippen LogP contribution >= 0.6 is 0 Å². The molecule has 0 bridgehead atoms. The highest BCUT2D eigenvalue weighted by atomic mass is 16.5. The van der Waals surface area contributed by atoms with Crippen molar-refractivity contribution in [2.75, 3.05) is 31.2 Å². The lowest BCUT2D eigenvalue weighted by Crippen LogP contribution is -2.20. The Morgan fingerprint density at radius 2 is 1.04 bits per heavy atom. The molecule has 0 fully saturated rings. The first kappa shape index (κ1) is 47.3. The molecule has 1 aliphatic carbocycles. The molecule has 0 saturated carbocycles. The number of aromatic amines is 4. The number of rotatable bonds is 18. The number of unbranched alkanes of at least 4 members (excludes halogenated alkanes) is 2. The Morgan fingerprint density at radius 1 is 0.551 bits per heavy atom. The number of ether oxygens (including phenoxy) is 2. The average molecular weight is 922 g/mol. The molecule has 0 aliphatic heterocycles. The number of H-pyrrole nitrogens is 4. The predicted molar refractivity (Wildman–Crippen MR) is 280 cm³/mol. The van der Waals surface area contributed by atoms with Gasteiger partial charge in [0.1, 0.15) is 18.0 Å². The number of anilines is 2. The van der Waals surface area contributed by atoms with Gasteiger partial charge in [-0.1, -0.05) is 81.3 Å². The maximum atomic E-state index is 12.7. The zero-order valence-corrected chi connectivity index (χ0v) is 39.4. The van der Waals surface area contributed by atoms with Crippen LogP contribution in [0.3, 0.4) is 0 Å². The third-order valence-electron chi connectivity index (χ3n) is 12.2. The lowest BCUT2D eigenvalue weighted by atomic mass is 9.94. The molecule has 0 spiro atoms. The second kappa shape index (κ2) is 22.0. The van der Waals surface area contributed by atoms with E-state index in [0.717, 1.165) is 93.4 Å². The molecule has 1 aliphatic rings. The minimum absolute atomic E-state index is 0.330. The van der Waals surface area contributed by atoms with Gasteiger partial charge in [-0.3, -0.25) is 39.6 Å². The van der Waals surface area contributed by atoms with Crippen LogP contribution in [-0.2, 0) is 0 Å². The highest BCUT2D eigenvalue weighted by molar-refractivity contribution is 6.04. The maximum Gasteiger partial charge on any atom is 0.270 e. The summed E-state index contributed by atoms with van der Waals surface area (Å²) in [5.41, 5.74) is 8.11. The third-order valence-corrected chi connectivity index (χ3v) is 12.2. The van der Waals surface area contributed by atoms with Gasteiger partial charge in [0.05, 0.1) is 34.8 Å². The summed E-state index contributed by atoms with van der Waals surface area (Å²) in [5, 5.41) is 11.0. The molecule has 350 valence electrons. The average Bonchev–Trinajstić information content (AvgIpc) is 3.38. The van der Waals surface area contributed by atoms with Crippen LogP contribution < -0.4 is 36.6 Å². The Bertz CT molecular complexity index is 3380. The largest absolute Gasteiger partial charge is 0.494 e. The van der Waals surface area contributed by atoms with Crippen LogP contribution in [0.15, 0.2) is 176 Å². The molecule has 69 heavy (non-hydrogen) atoms. The van der Waals surface area contributed by atoms with Crippen molar-refractivity contribution in [2.24, 2.45) is 0 Å². The summed E-state index contributed by atoms with van der Waals surface area (Å²) < 4.78 is 14.2. The molecule has 0 amide bonds. The van der Waals surface area contributed by atoms with Crippen molar-refractivity contribution in [1.82, 2.24) is 20.4 Å². The summed E-state index contributed by atoms with van der Waals surface area (Å²) in [5.74, 6) is 1.64. The lowest BCUT2D eigenvalue weighted by molar-refractivity contribution is -0.434. The highest BCUT2D eigenvalue weighted by Gasteiger charge is 2.18. The Morgan fingerprint density at radius 3 is 1.58 bits per heavy atom. The molecule has 4 N–H and O–H groups in total. The van der Waals surface area contributed by atoms with Gasteiger partial charge in [0.2, 0.25) is 11.4 Å². The van der Waals surface area contributed by atoms with Gasteiger partial charge in [-0.15, -0.1) is 0 Å². The van der Waals surface area contributed by atoms with E-state index in [2.05, 4.69) is 135 Å². The Labute approximate surface area is 400 Å². The maximum absolute atomic E-state index is 12.7. The minimum atomic E-state index is -0.353. The van der Waals surface area contributed by atoms with Crippen molar-refractivity contribution >= 4 is 55.5 Å². The summed E-state index contributed by atoms with van der Waals surface area (Å²) in [7, 11) is 0. The number of allylic oxidation sites excluding steroid dienone is 9. The van der Waals surface area contributed by atoms with Crippen LogP contribution in [0.5, 0.6) is 11.5 Å². The first-order chi connectivity index (χ1) is 33.7. The quantitative estimate of drug-likeness (QED) is 0.0379. The van der Waals surface area contributed by atoms with Gasteiger partial charge in [-0.05, 0) is 133 Å². The number of aromatic nitrogens is 4. The van der Waals surface area contributed by atoms with Gasteiger partial charge >= 0.3 is 0 Å². The van der Waals surface area contributed by atoms with E-state index in [1.165, 1.54) is 0 Å². The van der Waals surface area contributed by atoms with E-state index < -0.39 is 0 Å². The SMILES string of the molecule is CCCCOc1ccc(C(=CC=CC(=C2C=CC(=[N+](CC)c3ccc4c(=O)[nH][nH]c(=O)c4c3)C=C2)c2ccc(OCCCC)cc2)c2ccc(N(CC)c3ccc4c(=O)[nH][nH]c(=O)c4c3)cc2)cc1. The Kier molecular flexibility index (Phi) is 15.1. The third kappa shape index (κ3) is 10.8. The normalized spacial score (nSPS) is 12.6.